The van der Waals surface area contributed by atoms with Gasteiger partial charge in [-0.3, -0.25) is 0 Å². The van der Waals surface area contributed by atoms with Crippen molar-refractivity contribution in [2.45, 2.75) is 12.2 Å². The summed E-state index contributed by atoms with van der Waals surface area (Å²) in [5.74, 6) is 0. The van der Waals surface area contributed by atoms with Crippen LogP contribution < -0.4 is 5.73 Å². The third kappa shape index (κ3) is 2.12. The first-order chi connectivity index (χ1) is 5.95. The number of halogens is 3. The zero-order chi connectivity index (χ0) is 10.1. The lowest BCUT2D eigenvalue weighted by Gasteiger charge is -2.02. The normalized spacial score (nSPS) is 14.2. The highest BCUT2D eigenvalue weighted by Gasteiger charge is 2.32. The summed E-state index contributed by atoms with van der Waals surface area (Å²) in [6, 6.07) is 0.416. The van der Waals surface area contributed by atoms with Crippen molar-refractivity contribution in [3.05, 3.63) is 36.2 Å². The Balaban J connectivity index is 2.93. The van der Waals surface area contributed by atoms with Crippen molar-refractivity contribution >= 4 is 0 Å². The van der Waals surface area contributed by atoms with Crippen molar-refractivity contribution in [2.75, 3.05) is 0 Å². The summed E-state index contributed by atoms with van der Waals surface area (Å²) in [6.45, 7) is 3.39. The molecule has 0 fully saturated rings. The van der Waals surface area contributed by atoms with Gasteiger partial charge in [-0.2, -0.15) is 13.2 Å². The zero-order valence-electron chi connectivity index (χ0n) is 6.73. The molecule has 72 valence electrons. The lowest BCUT2D eigenvalue weighted by molar-refractivity contribution is -0.140. The van der Waals surface area contributed by atoms with Crippen LogP contribution in [-0.2, 0) is 6.18 Å². The maximum absolute atomic E-state index is 12.1. The smallest absolute Gasteiger partial charge is 0.357 e. The maximum atomic E-state index is 12.1. The van der Waals surface area contributed by atoms with Gasteiger partial charge < -0.3 is 10.7 Å². The van der Waals surface area contributed by atoms with Crippen LogP contribution in [0.3, 0.4) is 0 Å². The molecule has 13 heavy (non-hydrogen) atoms. The van der Waals surface area contributed by atoms with Gasteiger partial charge in [0.15, 0.2) is 0 Å². The van der Waals surface area contributed by atoms with Gasteiger partial charge in [-0.25, -0.2) is 0 Å². The van der Waals surface area contributed by atoms with Crippen molar-refractivity contribution in [3.8, 4) is 0 Å². The van der Waals surface area contributed by atoms with Crippen LogP contribution in [0.5, 0.6) is 0 Å². The lowest BCUT2D eigenvalue weighted by Crippen LogP contribution is -2.06. The topological polar surface area (TPSA) is 41.8 Å². The Hall–Kier alpha value is -1.23. The van der Waals surface area contributed by atoms with Crippen LogP contribution in [0.2, 0.25) is 0 Å². The van der Waals surface area contributed by atoms with Gasteiger partial charge in [0.25, 0.3) is 0 Å². The molecule has 0 saturated carbocycles. The molecule has 0 aliphatic carbocycles. The minimum Gasteiger partial charge on any atom is -0.357 e. The summed E-state index contributed by atoms with van der Waals surface area (Å²) >= 11 is 0. The van der Waals surface area contributed by atoms with Crippen LogP contribution in [0.1, 0.15) is 17.3 Å². The van der Waals surface area contributed by atoms with Gasteiger partial charge in [0, 0.05) is 12.2 Å². The molecule has 0 saturated heterocycles. The first kappa shape index (κ1) is 9.85. The fourth-order valence-corrected chi connectivity index (χ4v) is 0.903. The largest absolute Gasteiger partial charge is 0.431 e. The molecule has 0 unspecified atom stereocenters. The number of rotatable bonds is 2. The molecule has 0 bridgehead atoms. The average Bonchev–Trinajstić information content (AvgIpc) is 2.50. The molecule has 2 nitrogen and oxygen atoms in total. The van der Waals surface area contributed by atoms with Crippen molar-refractivity contribution in [3.63, 3.8) is 0 Å². The number of alkyl halides is 3. The summed E-state index contributed by atoms with van der Waals surface area (Å²) in [7, 11) is 0. The number of aromatic nitrogens is 1. The predicted molar refractivity (Wildman–Crippen MR) is 42.9 cm³/mol. The summed E-state index contributed by atoms with van der Waals surface area (Å²) in [5, 5.41) is 0. The van der Waals surface area contributed by atoms with E-state index in [-0.39, 0.29) is 0 Å². The summed E-state index contributed by atoms with van der Waals surface area (Å²) in [4.78, 5) is 2.11. The summed E-state index contributed by atoms with van der Waals surface area (Å²) < 4.78 is 36.2. The summed E-state index contributed by atoms with van der Waals surface area (Å²) in [6.07, 6.45) is -1.74. The highest BCUT2D eigenvalue weighted by Crippen LogP contribution is 2.29. The minimum atomic E-state index is -4.35. The van der Waals surface area contributed by atoms with Crippen molar-refractivity contribution < 1.29 is 13.2 Å². The number of nitrogens with one attached hydrogen (secondary N) is 1. The third-order valence-electron chi connectivity index (χ3n) is 1.65. The van der Waals surface area contributed by atoms with E-state index in [1.165, 1.54) is 12.3 Å². The second-order valence-electron chi connectivity index (χ2n) is 2.61. The van der Waals surface area contributed by atoms with E-state index in [0.717, 1.165) is 6.07 Å². The quantitative estimate of drug-likeness (QED) is 0.690. The van der Waals surface area contributed by atoms with Gasteiger partial charge in [0.1, 0.15) is 5.69 Å². The molecule has 0 radical (unpaired) electrons. The van der Waals surface area contributed by atoms with Crippen molar-refractivity contribution in [1.82, 2.24) is 4.98 Å². The molecule has 1 atom stereocenters. The first-order valence-electron chi connectivity index (χ1n) is 3.59. The Morgan fingerprint density at radius 1 is 1.54 bits per heavy atom. The molecule has 5 heteroatoms. The molecule has 0 spiro atoms. The van der Waals surface area contributed by atoms with Gasteiger partial charge in [0.2, 0.25) is 0 Å². The third-order valence-corrected chi connectivity index (χ3v) is 1.65. The Labute approximate surface area is 73.2 Å². The van der Waals surface area contributed by atoms with E-state index in [1.54, 1.807) is 0 Å². The van der Waals surface area contributed by atoms with E-state index < -0.39 is 17.9 Å². The van der Waals surface area contributed by atoms with Crippen LogP contribution in [0.15, 0.2) is 24.9 Å². The van der Waals surface area contributed by atoms with Crippen LogP contribution in [0.4, 0.5) is 13.2 Å². The second-order valence-corrected chi connectivity index (χ2v) is 2.61. The zero-order valence-corrected chi connectivity index (χ0v) is 6.73. The van der Waals surface area contributed by atoms with Gasteiger partial charge in [0.05, 0.1) is 0 Å². The highest BCUT2D eigenvalue weighted by molar-refractivity contribution is 5.24. The van der Waals surface area contributed by atoms with Gasteiger partial charge in [-0.1, -0.05) is 6.08 Å². The predicted octanol–water partition coefficient (Wildman–Crippen LogP) is 2.22. The lowest BCUT2D eigenvalue weighted by atomic mass is 10.1. The monoisotopic (exact) mass is 190 g/mol. The molecule has 1 rings (SSSR count). The van der Waals surface area contributed by atoms with Gasteiger partial charge in [-0.05, 0) is 11.6 Å². The fraction of sp³-hybridized carbons (Fsp3) is 0.250. The van der Waals surface area contributed by atoms with E-state index in [4.69, 9.17) is 5.73 Å². The van der Waals surface area contributed by atoms with E-state index in [1.807, 2.05) is 0 Å². The van der Waals surface area contributed by atoms with Gasteiger partial charge in [-0.15, -0.1) is 6.58 Å². The fourth-order valence-electron chi connectivity index (χ4n) is 0.903. The summed E-state index contributed by atoms with van der Waals surface area (Å²) in [5.41, 5.74) is 5.03. The SMILES string of the molecule is C=C[C@H](N)c1c[nH]c(C(F)(F)F)c1. The number of aromatic amines is 1. The van der Waals surface area contributed by atoms with Crippen LogP contribution in [0, 0.1) is 0 Å². The van der Waals surface area contributed by atoms with Crippen molar-refractivity contribution in [2.24, 2.45) is 5.73 Å². The van der Waals surface area contributed by atoms with Crippen LogP contribution in [-0.4, -0.2) is 4.98 Å². The Kier molecular flexibility index (Phi) is 2.47. The van der Waals surface area contributed by atoms with Crippen molar-refractivity contribution in [1.29, 1.82) is 0 Å². The number of nitrogens with two attached hydrogens (primary N) is 1. The molecule has 0 aromatic carbocycles. The van der Waals surface area contributed by atoms with Gasteiger partial charge >= 0.3 is 6.18 Å². The molecule has 1 aromatic heterocycles. The number of hydrogen-bond acceptors (Lipinski definition) is 1. The van der Waals surface area contributed by atoms with E-state index in [9.17, 15) is 13.2 Å². The van der Waals surface area contributed by atoms with Crippen LogP contribution >= 0.6 is 0 Å². The number of H-pyrrole nitrogens is 1. The number of hydrogen-bond donors (Lipinski definition) is 2. The molecule has 0 amide bonds. The standard InChI is InChI=1S/C8H9F3N2/c1-2-6(12)5-3-7(13-4-5)8(9,10)11/h2-4,6,13H,1,12H2/t6-/m0/s1. The molecule has 1 aromatic rings. The van der Waals surface area contributed by atoms with E-state index >= 15 is 0 Å². The Bertz CT molecular complexity index is 301. The minimum absolute atomic E-state index is 0.377. The molecule has 0 aliphatic heterocycles. The molecule has 0 aliphatic rings. The highest BCUT2D eigenvalue weighted by atomic mass is 19.4. The average molecular weight is 190 g/mol. The molecular formula is C8H9F3N2. The second kappa shape index (κ2) is 3.26. The van der Waals surface area contributed by atoms with E-state index in [0.29, 0.717) is 5.56 Å². The first-order valence-corrected chi connectivity index (χ1v) is 3.59. The Morgan fingerprint density at radius 3 is 2.54 bits per heavy atom. The molecular weight excluding hydrogens is 181 g/mol. The van der Waals surface area contributed by atoms with Crippen LogP contribution in [0.25, 0.3) is 0 Å². The molecule has 3 N–H and O–H groups in total. The maximum Gasteiger partial charge on any atom is 0.431 e. The Morgan fingerprint density at radius 2 is 2.15 bits per heavy atom. The molecule has 1 heterocycles. The van der Waals surface area contributed by atoms with E-state index in [2.05, 4.69) is 11.6 Å².